The van der Waals surface area contributed by atoms with Gasteiger partial charge in [-0.1, -0.05) is 177 Å². The van der Waals surface area contributed by atoms with Crippen LogP contribution in [0.3, 0.4) is 0 Å². The van der Waals surface area contributed by atoms with Gasteiger partial charge in [-0.2, -0.15) is 0 Å². The second-order valence-corrected chi connectivity index (χ2v) is 19.5. The molecular weight excluding hydrogens is 875 g/mol. The van der Waals surface area contributed by atoms with Gasteiger partial charge in [-0.25, -0.2) is 0 Å². The summed E-state index contributed by atoms with van der Waals surface area (Å²) in [4.78, 5) is 0. The van der Waals surface area contributed by atoms with Gasteiger partial charge in [-0.05, 0) is 159 Å². The average molecular weight is 928 g/mol. The highest BCUT2D eigenvalue weighted by atomic mass is 16.5. The van der Waals surface area contributed by atoms with E-state index >= 15 is 0 Å². The lowest BCUT2D eigenvalue weighted by atomic mass is 9.84. The van der Waals surface area contributed by atoms with Gasteiger partial charge in [0.2, 0.25) is 0 Å². The molecule has 3 heterocycles. The van der Waals surface area contributed by atoms with E-state index in [2.05, 4.69) is 207 Å². The smallest absolute Gasteiger partial charge is 0.136 e. The van der Waals surface area contributed by atoms with Crippen LogP contribution in [0.1, 0.15) is 60.4 Å². The number of furan rings is 1. The molecule has 346 valence electrons. The monoisotopic (exact) mass is 927 g/mol. The van der Waals surface area contributed by atoms with E-state index in [1.807, 2.05) is 36.4 Å². The van der Waals surface area contributed by atoms with E-state index in [0.717, 1.165) is 64.6 Å². The van der Waals surface area contributed by atoms with Crippen molar-refractivity contribution in [2.45, 2.75) is 45.4 Å². The van der Waals surface area contributed by atoms with Crippen molar-refractivity contribution in [1.82, 2.24) is 4.57 Å². The highest BCUT2D eigenvalue weighted by Crippen LogP contribution is 2.44. The highest BCUT2D eigenvalue weighted by Gasteiger charge is 2.25. The molecule has 10 aromatic rings. The van der Waals surface area contributed by atoms with Gasteiger partial charge in [0, 0.05) is 39.6 Å². The second-order valence-electron chi connectivity index (χ2n) is 19.5. The maximum atomic E-state index is 6.26. The molecule has 3 nitrogen and oxygen atoms in total. The molecule has 13 rings (SSSR count). The molecule has 2 aliphatic carbocycles. The van der Waals surface area contributed by atoms with Gasteiger partial charge < -0.3 is 13.7 Å². The Kier molecular flexibility index (Phi) is 10.8. The minimum Gasteiger partial charge on any atom is -0.458 e. The first-order valence-electron chi connectivity index (χ1n) is 25.3. The van der Waals surface area contributed by atoms with Crippen LogP contribution in [0.4, 0.5) is 0 Å². The molecule has 3 aliphatic rings. The number of ether oxygens (including phenoxy) is 1. The van der Waals surface area contributed by atoms with Crippen molar-refractivity contribution in [3.05, 3.63) is 275 Å². The van der Waals surface area contributed by atoms with Crippen molar-refractivity contribution >= 4 is 54.9 Å². The van der Waals surface area contributed by atoms with Gasteiger partial charge in [0.05, 0.1) is 11.0 Å². The topological polar surface area (TPSA) is 27.3 Å². The first-order chi connectivity index (χ1) is 35.5. The average Bonchev–Trinajstić information content (AvgIpc) is 4.10. The molecule has 0 radical (unpaired) electrons. The number of hydrogen-bond donors (Lipinski definition) is 0. The number of hydrogen-bond acceptors (Lipinski definition) is 2. The summed E-state index contributed by atoms with van der Waals surface area (Å²) in [5.41, 5.74) is 23.3. The molecule has 1 unspecified atom stereocenters. The molecule has 72 heavy (non-hydrogen) atoms. The van der Waals surface area contributed by atoms with Gasteiger partial charge in [0.1, 0.15) is 22.7 Å². The first-order valence-corrected chi connectivity index (χ1v) is 25.3. The third kappa shape index (κ3) is 7.61. The first kappa shape index (κ1) is 43.4. The van der Waals surface area contributed by atoms with Crippen LogP contribution in [-0.2, 0) is 12.8 Å². The molecule has 1 aliphatic heterocycles. The van der Waals surface area contributed by atoms with Crippen LogP contribution >= 0.6 is 0 Å². The van der Waals surface area contributed by atoms with Gasteiger partial charge in [0.15, 0.2) is 0 Å². The van der Waals surface area contributed by atoms with E-state index in [4.69, 9.17) is 9.15 Å². The van der Waals surface area contributed by atoms with Crippen LogP contribution in [0.15, 0.2) is 252 Å². The van der Waals surface area contributed by atoms with Crippen LogP contribution in [0.25, 0.3) is 82.8 Å². The fraction of sp³-hybridized carbons (Fsp3) is 0.101. The summed E-state index contributed by atoms with van der Waals surface area (Å²) in [5, 5.41) is 4.78. The highest BCUT2D eigenvalue weighted by molar-refractivity contribution is 6.13. The van der Waals surface area contributed by atoms with E-state index in [1.54, 1.807) is 0 Å². The summed E-state index contributed by atoms with van der Waals surface area (Å²) >= 11 is 0. The van der Waals surface area contributed by atoms with Crippen LogP contribution in [-0.4, -0.2) is 4.57 Å². The predicted octanol–water partition coefficient (Wildman–Crippen LogP) is 18.4. The zero-order valence-electron chi connectivity index (χ0n) is 40.7. The van der Waals surface area contributed by atoms with E-state index in [9.17, 15) is 0 Å². The molecule has 0 saturated heterocycles. The summed E-state index contributed by atoms with van der Waals surface area (Å²) in [7, 11) is 0. The Bertz CT molecular complexity index is 4020. The summed E-state index contributed by atoms with van der Waals surface area (Å²) < 4.78 is 14.8. The number of benzene rings is 8. The van der Waals surface area contributed by atoms with Crippen LogP contribution < -0.4 is 4.74 Å². The van der Waals surface area contributed by atoms with Crippen LogP contribution in [0, 0.1) is 0 Å². The summed E-state index contributed by atoms with van der Waals surface area (Å²) in [6, 6.07) is 64.1. The molecule has 0 bridgehead atoms. The summed E-state index contributed by atoms with van der Waals surface area (Å²) in [6.07, 6.45) is 19.6. The fourth-order valence-corrected chi connectivity index (χ4v) is 11.6. The Hall–Kier alpha value is -8.66. The molecule has 0 saturated carbocycles. The standard InChI is InChI=1S/C69H53NO2/c1-4-13-57(68-44(2)40-54-15-5-7-18-59(54)68)49-28-24-46(25-29-49)52-34-38-63-61(42-52)62-43-53(47-26-30-50(31-27-47)58-20-12-23-67-69(58)60-19-8-10-22-66(60)72-67)35-39-64(62)70(63)56-36-32-48(33-37-56)51-17-11-14-45(3)71-65-21-9-6-16-55(65)41-51/h5-24,26-39,42-43,46H,3-4,25,40-41H2,1-2H3/b14-11-,51-17+,57-13-. The van der Waals surface area contributed by atoms with E-state index < -0.39 is 0 Å². The molecule has 0 fully saturated rings. The predicted molar refractivity (Wildman–Crippen MR) is 302 cm³/mol. The molecule has 0 spiro atoms. The minimum absolute atomic E-state index is 0.264. The molecule has 3 heteroatoms. The third-order valence-corrected chi connectivity index (χ3v) is 15.1. The lowest BCUT2D eigenvalue weighted by Gasteiger charge is -2.20. The molecule has 0 N–H and O–H groups in total. The maximum absolute atomic E-state index is 6.26. The van der Waals surface area contributed by atoms with Crippen molar-refractivity contribution in [3.63, 3.8) is 0 Å². The zero-order valence-corrected chi connectivity index (χ0v) is 40.7. The maximum Gasteiger partial charge on any atom is 0.136 e. The Labute approximate surface area is 421 Å². The van der Waals surface area contributed by atoms with Crippen LogP contribution in [0.2, 0.25) is 0 Å². The molecule has 0 amide bonds. The SMILES string of the molecule is C=C1/C=C\C=C(\c2ccc(-n3c4ccc(-c5ccc(-c6cccc7oc8ccccc8c67)cc5)cc4c4cc(C5C=CC(/C(=C/CC)C6=C(C)Cc7ccccc76)=CC5)ccc43)cc2)Cc2ccccc2O1. The van der Waals surface area contributed by atoms with Crippen molar-refractivity contribution in [3.8, 4) is 33.7 Å². The number of para-hydroxylation sites is 2. The molecule has 1 atom stereocenters. The van der Waals surface area contributed by atoms with Gasteiger partial charge in [0.25, 0.3) is 0 Å². The van der Waals surface area contributed by atoms with Gasteiger partial charge in [-0.15, -0.1) is 0 Å². The number of nitrogens with zero attached hydrogens (tertiary/aromatic N) is 1. The second kappa shape index (κ2) is 17.9. The largest absolute Gasteiger partial charge is 0.458 e. The zero-order chi connectivity index (χ0) is 48.3. The third-order valence-electron chi connectivity index (χ3n) is 15.1. The van der Waals surface area contributed by atoms with Crippen LogP contribution in [0.5, 0.6) is 5.75 Å². The summed E-state index contributed by atoms with van der Waals surface area (Å²) in [5.74, 6) is 1.73. The normalized spacial score (nSPS) is 17.1. The van der Waals surface area contributed by atoms with Gasteiger partial charge >= 0.3 is 0 Å². The van der Waals surface area contributed by atoms with E-state index in [1.165, 1.54) is 94.2 Å². The van der Waals surface area contributed by atoms with Crippen molar-refractivity contribution in [2.75, 3.05) is 0 Å². The minimum atomic E-state index is 0.264. The number of fused-ring (bicyclic) bond motifs is 8. The Morgan fingerprint density at radius 1 is 0.639 bits per heavy atom. The Morgan fingerprint density at radius 2 is 1.35 bits per heavy atom. The Morgan fingerprint density at radius 3 is 2.18 bits per heavy atom. The van der Waals surface area contributed by atoms with Crippen molar-refractivity contribution in [1.29, 1.82) is 0 Å². The van der Waals surface area contributed by atoms with Gasteiger partial charge in [-0.3, -0.25) is 0 Å². The molecule has 8 aromatic carbocycles. The fourth-order valence-electron chi connectivity index (χ4n) is 11.6. The quantitative estimate of drug-likeness (QED) is 0.152. The number of rotatable bonds is 8. The molecule has 2 aromatic heterocycles. The summed E-state index contributed by atoms with van der Waals surface area (Å²) in [6.45, 7) is 8.67. The lowest BCUT2D eigenvalue weighted by molar-refractivity contribution is 0.443. The van der Waals surface area contributed by atoms with E-state index in [-0.39, 0.29) is 5.92 Å². The van der Waals surface area contributed by atoms with E-state index in [0.29, 0.717) is 5.76 Å². The number of allylic oxidation sites excluding steroid dienone is 12. The number of aromatic nitrogens is 1. The molecular formula is C69H53NO2. The van der Waals surface area contributed by atoms with Crippen molar-refractivity contribution in [2.24, 2.45) is 0 Å². The Balaban J connectivity index is 0.880. The van der Waals surface area contributed by atoms with Crippen molar-refractivity contribution < 1.29 is 9.15 Å². The lowest BCUT2D eigenvalue weighted by Crippen LogP contribution is -2.02.